The zero-order valence-electron chi connectivity index (χ0n) is 14.0. The molecule has 26 heavy (non-hydrogen) atoms. The molecule has 7 heteroatoms. The summed E-state index contributed by atoms with van der Waals surface area (Å²) in [5.41, 5.74) is 1.69. The molecule has 2 aromatic carbocycles. The quantitative estimate of drug-likeness (QED) is 0.729. The third kappa shape index (κ3) is 4.18. The molecule has 0 saturated heterocycles. The third-order valence-corrected chi connectivity index (χ3v) is 3.69. The van der Waals surface area contributed by atoms with E-state index in [1.807, 2.05) is 31.2 Å². The zero-order chi connectivity index (χ0) is 18.5. The van der Waals surface area contributed by atoms with E-state index in [0.717, 1.165) is 17.7 Å². The standard InChI is InChI=1S/C19H16F2N4O/c1-12-5-7-13(8-6-12)11-22-17-10-9-16(24-25-17)19(26)23-18-14(20)3-2-4-15(18)21/h2-10H,11H2,1H3,(H,22,25)(H,23,26). The number of carbonyl (C=O) groups is 1. The van der Waals surface area contributed by atoms with Crippen LogP contribution >= 0.6 is 0 Å². The van der Waals surface area contributed by atoms with Gasteiger partial charge in [0.25, 0.3) is 5.91 Å². The van der Waals surface area contributed by atoms with Gasteiger partial charge in [0.15, 0.2) is 5.69 Å². The first kappa shape index (κ1) is 17.5. The Kier molecular flexibility index (Phi) is 5.17. The lowest BCUT2D eigenvalue weighted by atomic mass is 10.1. The number of para-hydroxylation sites is 1. The zero-order valence-corrected chi connectivity index (χ0v) is 14.0. The van der Waals surface area contributed by atoms with Crippen LogP contribution in [-0.4, -0.2) is 16.1 Å². The van der Waals surface area contributed by atoms with Crippen LogP contribution < -0.4 is 10.6 Å². The van der Waals surface area contributed by atoms with E-state index >= 15 is 0 Å². The Bertz CT molecular complexity index is 892. The number of hydrogen-bond donors (Lipinski definition) is 2. The molecular formula is C19H16F2N4O. The Hall–Kier alpha value is -3.35. The van der Waals surface area contributed by atoms with Gasteiger partial charge in [-0.3, -0.25) is 4.79 Å². The fraction of sp³-hybridized carbons (Fsp3) is 0.105. The molecule has 0 unspecified atom stereocenters. The van der Waals surface area contributed by atoms with Crippen molar-refractivity contribution in [2.24, 2.45) is 0 Å². The molecule has 1 heterocycles. The van der Waals surface area contributed by atoms with Crippen LogP contribution in [-0.2, 0) is 6.54 Å². The second-order valence-corrected chi connectivity index (χ2v) is 5.69. The first-order chi connectivity index (χ1) is 12.5. The maximum absolute atomic E-state index is 13.6. The highest BCUT2D eigenvalue weighted by Crippen LogP contribution is 2.18. The van der Waals surface area contributed by atoms with Crippen LogP contribution in [0, 0.1) is 18.6 Å². The highest BCUT2D eigenvalue weighted by molar-refractivity contribution is 6.02. The van der Waals surface area contributed by atoms with Crippen LogP contribution in [0.4, 0.5) is 20.3 Å². The van der Waals surface area contributed by atoms with E-state index < -0.39 is 23.2 Å². The van der Waals surface area contributed by atoms with E-state index in [2.05, 4.69) is 20.8 Å². The highest BCUT2D eigenvalue weighted by atomic mass is 19.1. The molecule has 132 valence electrons. The minimum absolute atomic E-state index is 0.0476. The summed E-state index contributed by atoms with van der Waals surface area (Å²) in [5, 5.41) is 13.0. The van der Waals surface area contributed by atoms with Crippen LogP contribution in [0.5, 0.6) is 0 Å². The van der Waals surface area contributed by atoms with E-state index in [-0.39, 0.29) is 5.69 Å². The molecule has 0 radical (unpaired) electrons. The number of aromatic nitrogens is 2. The van der Waals surface area contributed by atoms with Gasteiger partial charge in [-0.1, -0.05) is 35.9 Å². The molecule has 0 atom stereocenters. The van der Waals surface area contributed by atoms with Crippen LogP contribution in [0.1, 0.15) is 21.6 Å². The van der Waals surface area contributed by atoms with E-state index in [4.69, 9.17) is 0 Å². The van der Waals surface area contributed by atoms with Gasteiger partial charge in [-0.05, 0) is 36.8 Å². The number of benzene rings is 2. The molecule has 1 aromatic heterocycles. The van der Waals surface area contributed by atoms with Crippen molar-refractivity contribution in [3.63, 3.8) is 0 Å². The summed E-state index contributed by atoms with van der Waals surface area (Å²) in [6.07, 6.45) is 0. The summed E-state index contributed by atoms with van der Waals surface area (Å²) < 4.78 is 27.2. The molecule has 0 aliphatic heterocycles. The Morgan fingerprint density at radius 2 is 1.65 bits per heavy atom. The fourth-order valence-electron chi connectivity index (χ4n) is 2.24. The maximum Gasteiger partial charge on any atom is 0.276 e. The number of rotatable bonds is 5. The predicted octanol–water partition coefficient (Wildman–Crippen LogP) is 3.93. The van der Waals surface area contributed by atoms with Gasteiger partial charge in [0.05, 0.1) is 0 Å². The van der Waals surface area contributed by atoms with Gasteiger partial charge in [-0.15, -0.1) is 10.2 Å². The minimum Gasteiger partial charge on any atom is -0.365 e. The highest BCUT2D eigenvalue weighted by Gasteiger charge is 2.14. The lowest BCUT2D eigenvalue weighted by Crippen LogP contribution is -2.16. The lowest BCUT2D eigenvalue weighted by molar-refractivity contribution is 0.102. The second-order valence-electron chi connectivity index (χ2n) is 5.69. The van der Waals surface area contributed by atoms with Gasteiger partial charge in [-0.2, -0.15) is 0 Å². The fourth-order valence-corrected chi connectivity index (χ4v) is 2.24. The number of nitrogens with one attached hydrogen (secondary N) is 2. The SMILES string of the molecule is Cc1ccc(CNc2ccc(C(=O)Nc3c(F)cccc3F)nn2)cc1. The average Bonchev–Trinajstić information content (AvgIpc) is 2.65. The van der Waals surface area contributed by atoms with E-state index in [1.54, 1.807) is 6.07 Å². The molecule has 3 aromatic rings. The molecule has 0 aliphatic carbocycles. The Morgan fingerprint density at radius 1 is 0.962 bits per heavy atom. The summed E-state index contributed by atoms with van der Waals surface area (Å²) in [6, 6.07) is 14.4. The van der Waals surface area contributed by atoms with E-state index in [1.165, 1.54) is 17.7 Å². The summed E-state index contributed by atoms with van der Waals surface area (Å²) in [7, 11) is 0. The van der Waals surface area contributed by atoms with Crippen LogP contribution in [0.2, 0.25) is 0 Å². The second kappa shape index (κ2) is 7.69. The molecule has 0 spiro atoms. The Morgan fingerprint density at radius 3 is 2.27 bits per heavy atom. The van der Waals surface area contributed by atoms with Crippen molar-refractivity contribution in [1.29, 1.82) is 0 Å². The molecule has 3 rings (SSSR count). The van der Waals surface area contributed by atoms with Gasteiger partial charge >= 0.3 is 0 Å². The number of hydrogen-bond acceptors (Lipinski definition) is 4. The Labute approximate surface area is 149 Å². The predicted molar refractivity (Wildman–Crippen MR) is 94.8 cm³/mol. The largest absolute Gasteiger partial charge is 0.365 e. The van der Waals surface area contributed by atoms with E-state index in [0.29, 0.717) is 12.4 Å². The maximum atomic E-state index is 13.6. The summed E-state index contributed by atoms with van der Waals surface area (Å²) in [6.45, 7) is 2.57. The summed E-state index contributed by atoms with van der Waals surface area (Å²) >= 11 is 0. The third-order valence-electron chi connectivity index (χ3n) is 3.69. The minimum atomic E-state index is -0.859. The normalized spacial score (nSPS) is 10.4. The number of carbonyl (C=O) groups excluding carboxylic acids is 1. The molecule has 0 aliphatic rings. The monoisotopic (exact) mass is 354 g/mol. The average molecular weight is 354 g/mol. The van der Waals surface area contributed by atoms with E-state index in [9.17, 15) is 13.6 Å². The first-order valence-electron chi connectivity index (χ1n) is 7.91. The molecule has 1 amide bonds. The molecule has 0 saturated carbocycles. The molecule has 2 N–H and O–H groups in total. The smallest absolute Gasteiger partial charge is 0.276 e. The topological polar surface area (TPSA) is 66.9 Å². The Balaban J connectivity index is 1.63. The van der Waals surface area contributed by atoms with Crippen LogP contribution in [0.25, 0.3) is 0 Å². The molecule has 0 bridgehead atoms. The number of aryl methyl sites for hydroxylation is 1. The van der Waals surface area contributed by atoms with Gasteiger partial charge in [0, 0.05) is 6.54 Å². The van der Waals surface area contributed by atoms with Crippen molar-refractivity contribution in [3.05, 3.63) is 83.1 Å². The van der Waals surface area contributed by atoms with Crippen molar-refractivity contribution >= 4 is 17.4 Å². The van der Waals surface area contributed by atoms with Gasteiger partial charge in [-0.25, -0.2) is 8.78 Å². The first-order valence-corrected chi connectivity index (χ1v) is 7.91. The van der Waals surface area contributed by atoms with Crippen LogP contribution in [0.3, 0.4) is 0 Å². The molecule has 5 nitrogen and oxygen atoms in total. The molecule has 0 fully saturated rings. The molecular weight excluding hydrogens is 338 g/mol. The number of amides is 1. The van der Waals surface area contributed by atoms with Crippen LogP contribution in [0.15, 0.2) is 54.6 Å². The van der Waals surface area contributed by atoms with Crippen molar-refractivity contribution in [2.75, 3.05) is 10.6 Å². The number of nitrogens with zero attached hydrogens (tertiary/aromatic N) is 2. The van der Waals surface area contributed by atoms with Gasteiger partial charge < -0.3 is 10.6 Å². The van der Waals surface area contributed by atoms with Crippen molar-refractivity contribution in [1.82, 2.24) is 10.2 Å². The number of halogens is 2. The van der Waals surface area contributed by atoms with Gasteiger partial charge in [0.2, 0.25) is 0 Å². The number of anilines is 2. The summed E-state index contributed by atoms with van der Waals surface area (Å²) in [4.78, 5) is 12.1. The van der Waals surface area contributed by atoms with Gasteiger partial charge in [0.1, 0.15) is 23.1 Å². The van der Waals surface area contributed by atoms with Crippen molar-refractivity contribution in [3.8, 4) is 0 Å². The van der Waals surface area contributed by atoms with Crippen molar-refractivity contribution in [2.45, 2.75) is 13.5 Å². The van der Waals surface area contributed by atoms with Crippen molar-refractivity contribution < 1.29 is 13.6 Å². The lowest BCUT2D eigenvalue weighted by Gasteiger charge is -2.08. The summed E-state index contributed by atoms with van der Waals surface area (Å²) in [5.74, 6) is -1.98.